The molecule has 0 aromatic heterocycles. The number of carbonyl (C=O) groups is 2. The molecule has 1 saturated heterocycles. The average molecular weight is 278 g/mol. The van der Waals surface area contributed by atoms with Gasteiger partial charge in [0.15, 0.2) is 0 Å². The van der Waals surface area contributed by atoms with E-state index in [-0.39, 0.29) is 30.3 Å². The average Bonchev–Trinajstić information content (AvgIpc) is 2.30. The van der Waals surface area contributed by atoms with Gasteiger partial charge in [-0.3, -0.25) is 9.59 Å². The van der Waals surface area contributed by atoms with Crippen LogP contribution in [0.25, 0.3) is 0 Å². The molecule has 0 saturated carbocycles. The first-order valence-corrected chi connectivity index (χ1v) is 6.30. The zero-order chi connectivity index (χ0) is 12.7. The van der Waals surface area contributed by atoms with Crippen molar-refractivity contribution < 1.29 is 9.59 Å². The van der Waals surface area contributed by atoms with Crippen LogP contribution in [0.3, 0.4) is 0 Å². The SMILES string of the molecule is CN(C)C(=O)CCCC(=O)NC1CCCNC1.Cl. The summed E-state index contributed by atoms with van der Waals surface area (Å²) in [5, 5.41) is 6.25. The normalized spacial score (nSPS) is 18.7. The largest absolute Gasteiger partial charge is 0.352 e. The lowest BCUT2D eigenvalue weighted by Gasteiger charge is -2.23. The quantitative estimate of drug-likeness (QED) is 0.771. The van der Waals surface area contributed by atoms with Crippen molar-refractivity contribution in [2.24, 2.45) is 0 Å². The van der Waals surface area contributed by atoms with Crippen LogP contribution in [0.5, 0.6) is 0 Å². The third-order valence-corrected chi connectivity index (χ3v) is 2.96. The smallest absolute Gasteiger partial charge is 0.222 e. The molecule has 0 spiro atoms. The molecule has 1 heterocycles. The number of hydrogen-bond donors (Lipinski definition) is 2. The van der Waals surface area contributed by atoms with E-state index in [0.29, 0.717) is 19.3 Å². The Morgan fingerprint density at radius 3 is 2.61 bits per heavy atom. The number of amides is 2. The Kier molecular flexibility index (Phi) is 8.75. The van der Waals surface area contributed by atoms with Crippen LogP contribution in [0.2, 0.25) is 0 Å². The van der Waals surface area contributed by atoms with Gasteiger partial charge in [0.05, 0.1) is 0 Å². The molecule has 1 atom stereocenters. The minimum absolute atomic E-state index is 0. The molecule has 1 unspecified atom stereocenters. The fourth-order valence-corrected chi connectivity index (χ4v) is 1.90. The molecule has 0 bridgehead atoms. The van der Waals surface area contributed by atoms with Gasteiger partial charge in [0.25, 0.3) is 0 Å². The van der Waals surface area contributed by atoms with Crippen LogP contribution < -0.4 is 10.6 Å². The maximum Gasteiger partial charge on any atom is 0.222 e. The van der Waals surface area contributed by atoms with Gasteiger partial charge < -0.3 is 15.5 Å². The predicted octanol–water partition coefficient (Wildman–Crippen LogP) is 0.535. The minimum atomic E-state index is 0. The molecule has 0 aromatic carbocycles. The van der Waals surface area contributed by atoms with E-state index in [1.54, 1.807) is 19.0 Å². The first-order valence-electron chi connectivity index (χ1n) is 6.30. The highest BCUT2D eigenvalue weighted by Crippen LogP contribution is 2.03. The van der Waals surface area contributed by atoms with Crippen molar-refractivity contribution >= 4 is 24.2 Å². The maximum atomic E-state index is 11.6. The summed E-state index contributed by atoms with van der Waals surface area (Å²) >= 11 is 0. The van der Waals surface area contributed by atoms with Gasteiger partial charge in [-0.05, 0) is 25.8 Å². The Balaban J connectivity index is 0.00000289. The van der Waals surface area contributed by atoms with Crippen LogP contribution in [0.1, 0.15) is 32.1 Å². The third-order valence-electron chi connectivity index (χ3n) is 2.96. The first kappa shape index (κ1) is 17.2. The molecule has 1 aliphatic rings. The molecule has 5 nitrogen and oxygen atoms in total. The Labute approximate surface area is 115 Å². The van der Waals surface area contributed by atoms with E-state index in [0.717, 1.165) is 25.9 Å². The number of nitrogens with zero attached hydrogens (tertiary/aromatic N) is 1. The predicted molar refractivity (Wildman–Crippen MR) is 73.8 cm³/mol. The molecular formula is C12H24ClN3O2. The van der Waals surface area contributed by atoms with E-state index in [1.165, 1.54) is 0 Å². The highest BCUT2D eigenvalue weighted by Gasteiger charge is 2.15. The number of nitrogens with one attached hydrogen (secondary N) is 2. The van der Waals surface area contributed by atoms with E-state index in [9.17, 15) is 9.59 Å². The molecule has 1 rings (SSSR count). The molecule has 18 heavy (non-hydrogen) atoms. The van der Waals surface area contributed by atoms with Gasteiger partial charge in [0.1, 0.15) is 0 Å². The number of halogens is 1. The topological polar surface area (TPSA) is 61.4 Å². The van der Waals surface area contributed by atoms with Gasteiger partial charge in [-0.2, -0.15) is 0 Å². The number of carbonyl (C=O) groups excluding carboxylic acids is 2. The molecular weight excluding hydrogens is 254 g/mol. The Morgan fingerprint density at radius 1 is 1.33 bits per heavy atom. The zero-order valence-corrected chi connectivity index (χ0v) is 12.0. The van der Waals surface area contributed by atoms with Gasteiger partial charge in [-0.1, -0.05) is 0 Å². The van der Waals surface area contributed by atoms with Gasteiger partial charge in [0.2, 0.25) is 11.8 Å². The molecule has 0 radical (unpaired) electrons. The summed E-state index contributed by atoms with van der Waals surface area (Å²) in [6.45, 7) is 1.91. The molecule has 2 N–H and O–H groups in total. The molecule has 0 aliphatic carbocycles. The van der Waals surface area contributed by atoms with Crippen molar-refractivity contribution in [2.45, 2.75) is 38.1 Å². The van der Waals surface area contributed by atoms with Crippen molar-refractivity contribution in [2.75, 3.05) is 27.2 Å². The van der Waals surface area contributed by atoms with Gasteiger partial charge in [0, 0.05) is 39.5 Å². The van der Waals surface area contributed by atoms with Crippen molar-refractivity contribution in [1.82, 2.24) is 15.5 Å². The second kappa shape index (κ2) is 9.16. The summed E-state index contributed by atoms with van der Waals surface area (Å²) in [5.74, 6) is 0.141. The monoisotopic (exact) mass is 277 g/mol. The summed E-state index contributed by atoms with van der Waals surface area (Å²) in [6.07, 6.45) is 3.68. The molecule has 2 amide bonds. The Morgan fingerprint density at radius 2 is 2.06 bits per heavy atom. The lowest BCUT2D eigenvalue weighted by atomic mass is 10.1. The van der Waals surface area contributed by atoms with E-state index in [4.69, 9.17) is 0 Å². The lowest BCUT2D eigenvalue weighted by molar-refractivity contribution is -0.129. The zero-order valence-electron chi connectivity index (χ0n) is 11.2. The highest BCUT2D eigenvalue weighted by atomic mass is 35.5. The molecule has 106 valence electrons. The van der Waals surface area contributed by atoms with Crippen LogP contribution in [-0.2, 0) is 9.59 Å². The van der Waals surface area contributed by atoms with Crippen molar-refractivity contribution in [3.05, 3.63) is 0 Å². The van der Waals surface area contributed by atoms with Crippen LogP contribution in [0.15, 0.2) is 0 Å². The molecule has 1 aliphatic heterocycles. The second-order valence-corrected chi connectivity index (χ2v) is 4.75. The van der Waals surface area contributed by atoms with Crippen LogP contribution in [0.4, 0.5) is 0 Å². The van der Waals surface area contributed by atoms with E-state index in [1.807, 2.05) is 0 Å². The number of hydrogen-bond acceptors (Lipinski definition) is 3. The van der Waals surface area contributed by atoms with E-state index < -0.39 is 0 Å². The van der Waals surface area contributed by atoms with Crippen LogP contribution >= 0.6 is 12.4 Å². The van der Waals surface area contributed by atoms with Crippen LogP contribution in [0, 0.1) is 0 Å². The van der Waals surface area contributed by atoms with Gasteiger partial charge >= 0.3 is 0 Å². The summed E-state index contributed by atoms with van der Waals surface area (Å²) in [4.78, 5) is 24.5. The van der Waals surface area contributed by atoms with Crippen LogP contribution in [-0.4, -0.2) is 49.9 Å². The van der Waals surface area contributed by atoms with Crippen molar-refractivity contribution in [1.29, 1.82) is 0 Å². The van der Waals surface area contributed by atoms with Crippen molar-refractivity contribution in [3.63, 3.8) is 0 Å². The second-order valence-electron chi connectivity index (χ2n) is 4.75. The first-order chi connectivity index (χ1) is 8.09. The van der Waals surface area contributed by atoms with E-state index in [2.05, 4.69) is 10.6 Å². The Bertz CT molecular complexity index is 266. The summed E-state index contributed by atoms with van der Waals surface area (Å²) in [5.41, 5.74) is 0. The lowest BCUT2D eigenvalue weighted by Crippen LogP contribution is -2.45. The summed E-state index contributed by atoms with van der Waals surface area (Å²) in [6, 6.07) is 0.265. The fraction of sp³-hybridized carbons (Fsp3) is 0.833. The fourth-order valence-electron chi connectivity index (χ4n) is 1.90. The Hall–Kier alpha value is -0.810. The third kappa shape index (κ3) is 6.81. The molecule has 6 heteroatoms. The van der Waals surface area contributed by atoms with Crippen molar-refractivity contribution in [3.8, 4) is 0 Å². The summed E-state index contributed by atoms with van der Waals surface area (Å²) in [7, 11) is 3.46. The van der Waals surface area contributed by atoms with E-state index >= 15 is 0 Å². The molecule has 1 fully saturated rings. The minimum Gasteiger partial charge on any atom is -0.352 e. The number of rotatable bonds is 5. The van der Waals surface area contributed by atoms with Gasteiger partial charge in [-0.15, -0.1) is 12.4 Å². The standard InChI is InChI=1S/C12H23N3O2.ClH/c1-15(2)12(17)7-3-6-11(16)14-10-5-4-8-13-9-10;/h10,13H,3-9H2,1-2H3,(H,14,16);1H. The molecule has 0 aromatic rings. The maximum absolute atomic E-state index is 11.6. The highest BCUT2D eigenvalue weighted by molar-refractivity contribution is 5.85. The van der Waals surface area contributed by atoms with Gasteiger partial charge in [-0.25, -0.2) is 0 Å². The number of piperidine rings is 1. The summed E-state index contributed by atoms with van der Waals surface area (Å²) < 4.78 is 0.